The Morgan fingerprint density at radius 1 is 1.35 bits per heavy atom. The fraction of sp³-hybridized carbons (Fsp3) is 0.350. The number of pyridine rings is 1. The van der Waals surface area contributed by atoms with Gasteiger partial charge >= 0.3 is 5.82 Å². The van der Waals surface area contributed by atoms with E-state index in [1.807, 2.05) is 0 Å². The van der Waals surface area contributed by atoms with E-state index in [-0.39, 0.29) is 35.2 Å². The molecule has 4 bridgehead atoms. The van der Waals surface area contributed by atoms with Gasteiger partial charge in [0, 0.05) is 36.9 Å². The fourth-order valence-electron chi connectivity index (χ4n) is 4.26. The topological polar surface area (TPSA) is 98.2 Å². The van der Waals surface area contributed by atoms with Crippen LogP contribution in [0.2, 0.25) is 0 Å². The van der Waals surface area contributed by atoms with Crippen molar-refractivity contribution in [2.24, 2.45) is 0 Å². The van der Waals surface area contributed by atoms with E-state index in [9.17, 15) is 9.18 Å². The number of anilines is 1. The van der Waals surface area contributed by atoms with Crippen molar-refractivity contribution in [2.45, 2.75) is 37.5 Å². The molecule has 1 aliphatic carbocycles. The summed E-state index contributed by atoms with van der Waals surface area (Å²) in [5.41, 5.74) is 0.971. The van der Waals surface area contributed by atoms with Gasteiger partial charge in [-0.05, 0) is 11.2 Å². The van der Waals surface area contributed by atoms with E-state index in [0.717, 1.165) is 6.20 Å². The van der Waals surface area contributed by atoms with Crippen LogP contribution in [-0.4, -0.2) is 44.2 Å². The summed E-state index contributed by atoms with van der Waals surface area (Å²) < 4.78 is 21.6. The van der Waals surface area contributed by atoms with Crippen molar-refractivity contribution in [3.63, 3.8) is 0 Å². The van der Waals surface area contributed by atoms with Gasteiger partial charge < -0.3 is 14.9 Å². The van der Waals surface area contributed by atoms with E-state index in [0.29, 0.717) is 43.1 Å². The SMILES string of the molecule is [C-]#[N+]c1nn2ccc3nc2c1C(=O)NC1CC(C1)Oc1ncc(F)cc1[C@H]1CCON31. The summed E-state index contributed by atoms with van der Waals surface area (Å²) in [6, 6.07) is 2.61. The van der Waals surface area contributed by atoms with Gasteiger partial charge in [0.1, 0.15) is 17.5 Å². The van der Waals surface area contributed by atoms with Gasteiger partial charge in [-0.15, -0.1) is 4.52 Å². The Labute approximate surface area is 175 Å². The lowest BCUT2D eigenvalue weighted by Crippen LogP contribution is -2.49. The van der Waals surface area contributed by atoms with Gasteiger partial charge in [-0.3, -0.25) is 9.63 Å². The number of ether oxygens (including phenoxy) is 1. The predicted molar refractivity (Wildman–Crippen MR) is 104 cm³/mol. The smallest absolute Gasteiger partial charge is 0.310 e. The first-order valence-corrected chi connectivity index (χ1v) is 9.92. The zero-order chi connectivity index (χ0) is 21.1. The van der Waals surface area contributed by atoms with Gasteiger partial charge in [-0.1, -0.05) is 6.57 Å². The van der Waals surface area contributed by atoms with E-state index in [1.54, 1.807) is 17.3 Å². The Morgan fingerprint density at radius 3 is 3.06 bits per heavy atom. The minimum absolute atomic E-state index is 0.0168. The van der Waals surface area contributed by atoms with Crippen LogP contribution in [0.1, 0.15) is 41.2 Å². The van der Waals surface area contributed by atoms with E-state index < -0.39 is 11.7 Å². The number of nitrogens with zero attached hydrogens (tertiary/aromatic N) is 6. The van der Waals surface area contributed by atoms with Crippen LogP contribution in [0.3, 0.4) is 0 Å². The minimum Gasteiger partial charge on any atom is -0.474 e. The molecule has 1 saturated heterocycles. The molecule has 1 amide bonds. The van der Waals surface area contributed by atoms with Crippen molar-refractivity contribution in [3.8, 4) is 5.88 Å². The highest BCUT2D eigenvalue weighted by Crippen LogP contribution is 2.40. The Bertz CT molecular complexity index is 1260. The molecule has 10 nitrogen and oxygen atoms in total. The summed E-state index contributed by atoms with van der Waals surface area (Å²) in [6.07, 6.45) is 4.36. The van der Waals surface area contributed by atoms with Crippen molar-refractivity contribution in [1.29, 1.82) is 0 Å². The Hall–Kier alpha value is -3.78. The van der Waals surface area contributed by atoms with Gasteiger partial charge in [-0.25, -0.2) is 19.4 Å². The first kappa shape index (κ1) is 18.0. The van der Waals surface area contributed by atoms with Crippen LogP contribution >= 0.6 is 0 Å². The zero-order valence-corrected chi connectivity index (χ0v) is 16.2. The molecule has 156 valence electrons. The zero-order valence-electron chi connectivity index (χ0n) is 16.2. The Balaban J connectivity index is 1.55. The van der Waals surface area contributed by atoms with Crippen LogP contribution in [0.4, 0.5) is 16.0 Å². The van der Waals surface area contributed by atoms with Crippen LogP contribution in [0.15, 0.2) is 24.5 Å². The second-order valence-electron chi connectivity index (χ2n) is 7.76. The summed E-state index contributed by atoms with van der Waals surface area (Å²) >= 11 is 0. The molecule has 0 aromatic carbocycles. The monoisotopic (exact) mass is 421 g/mol. The van der Waals surface area contributed by atoms with Gasteiger partial charge in [0.25, 0.3) is 0 Å². The molecule has 2 fully saturated rings. The normalized spacial score (nSPS) is 24.5. The minimum atomic E-state index is -0.461. The number of rotatable bonds is 0. The van der Waals surface area contributed by atoms with E-state index in [1.165, 1.54) is 10.6 Å². The number of aromatic nitrogens is 4. The first-order valence-electron chi connectivity index (χ1n) is 9.92. The molecule has 0 unspecified atom stereocenters. The summed E-state index contributed by atoms with van der Waals surface area (Å²) in [5, 5.41) is 8.68. The fourth-order valence-corrected chi connectivity index (χ4v) is 4.26. The molecule has 31 heavy (non-hydrogen) atoms. The molecule has 0 spiro atoms. The van der Waals surface area contributed by atoms with Crippen molar-refractivity contribution < 1.29 is 18.8 Å². The largest absolute Gasteiger partial charge is 0.474 e. The molecular formula is C20H16FN7O3. The van der Waals surface area contributed by atoms with Gasteiger partial charge in [0.2, 0.25) is 11.8 Å². The molecule has 3 aliphatic heterocycles. The third kappa shape index (κ3) is 2.79. The summed E-state index contributed by atoms with van der Waals surface area (Å²) in [5.74, 6) is -0.104. The molecule has 6 heterocycles. The maximum Gasteiger partial charge on any atom is 0.310 e. The number of hydroxylamine groups is 1. The van der Waals surface area contributed by atoms with Gasteiger partial charge in [0.15, 0.2) is 11.5 Å². The maximum atomic E-state index is 14.1. The highest BCUT2D eigenvalue weighted by Gasteiger charge is 2.38. The van der Waals surface area contributed by atoms with Crippen LogP contribution in [0.5, 0.6) is 5.88 Å². The van der Waals surface area contributed by atoms with Crippen molar-refractivity contribution in [3.05, 3.63) is 52.9 Å². The molecule has 1 saturated carbocycles. The highest BCUT2D eigenvalue weighted by molar-refractivity contribution is 6.05. The standard InChI is InChI=1S/C20H16FN7O3/c1-22-17-16-18-25-15(2-4-27(18)26-17)28-14(3-5-30-28)13-6-10(21)9-23-20(13)31-12-7-11(8-12)24-19(16)29/h2,4,6,9,11-12,14H,3,5,7-8H2,(H,24,29)/t11?,12?,14-/m1/s1. The van der Waals surface area contributed by atoms with Crippen molar-refractivity contribution in [1.82, 2.24) is 24.9 Å². The molecule has 0 radical (unpaired) electrons. The third-order valence-corrected chi connectivity index (χ3v) is 5.83. The molecule has 1 N–H and O–H groups in total. The number of carbonyl (C=O) groups excluding carboxylic acids is 1. The van der Waals surface area contributed by atoms with Crippen LogP contribution in [0, 0.1) is 12.4 Å². The lowest BCUT2D eigenvalue weighted by molar-refractivity contribution is 0.0667. The maximum absolute atomic E-state index is 14.1. The summed E-state index contributed by atoms with van der Waals surface area (Å²) in [4.78, 5) is 30.9. The number of fused-ring (bicyclic) bond motifs is 1. The predicted octanol–water partition coefficient (Wildman–Crippen LogP) is 2.35. The second-order valence-corrected chi connectivity index (χ2v) is 7.76. The number of hydrogen-bond donors (Lipinski definition) is 1. The Morgan fingerprint density at radius 2 is 2.23 bits per heavy atom. The second kappa shape index (κ2) is 6.61. The molecule has 3 aromatic heterocycles. The number of halogens is 1. The molecule has 7 rings (SSSR count). The van der Waals surface area contributed by atoms with Crippen LogP contribution in [-0.2, 0) is 4.84 Å². The molecule has 4 aliphatic rings. The van der Waals surface area contributed by atoms with E-state index >= 15 is 0 Å². The lowest BCUT2D eigenvalue weighted by Gasteiger charge is -2.36. The molecule has 1 atom stereocenters. The third-order valence-electron chi connectivity index (χ3n) is 5.83. The highest BCUT2D eigenvalue weighted by atomic mass is 19.1. The number of hydrogen-bond acceptors (Lipinski definition) is 7. The van der Waals surface area contributed by atoms with Crippen LogP contribution in [0.25, 0.3) is 10.5 Å². The summed E-state index contributed by atoms with van der Waals surface area (Å²) in [7, 11) is 0. The van der Waals surface area contributed by atoms with E-state index in [2.05, 4.69) is 25.2 Å². The van der Waals surface area contributed by atoms with Gasteiger partial charge in [-0.2, -0.15) is 0 Å². The first-order chi connectivity index (χ1) is 15.1. The lowest BCUT2D eigenvalue weighted by atomic mass is 9.89. The van der Waals surface area contributed by atoms with Crippen LogP contribution < -0.4 is 15.1 Å². The average molecular weight is 421 g/mol. The quantitative estimate of drug-likeness (QED) is 0.557. The van der Waals surface area contributed by atoms with Crippen molar-refractivity contribution in [2.75, 3.05) is 11.7 Å². The molecule has 3 aromatic rings. The van der Waals surface area contributed by atoms with E-state index in [4.69, 9.17) is 16.1 Å². The molecule has 11 heteroatoms. The molecular weight excluding hydrogens is 405 g/mol. The van der Waals surface area contributed by atoms with Crippen molar-refractivity contribution >= 4 is 23.2 Å². The van der Waals surface area contributed by atoms with Gasteiger partial charge in [0.05, 0.1) is 25.0 Å². The average Bonchev–Trinajstić information content (AvgIpc) is 3.36. The summed E-state index contributed by atoms with van der Waals surface area (Å²) in [6.45, 7) is 7.82. The number of amides is 1. The Kier molecular flexibility index (Phi) is 3.85. The number of nitrogens with one attached hydrogen (secondary N) is 1. The number of carbonyl (C=O) groups is 1.